The number of benzene rings is 2. The molecule has 2 aromatic carbocycles. The van der Waals surface area contributed by atoms with Crippen LogP contribution in [-0.2, 0) is 12.6 Å². The standard InChI is InChI=1S/C20H19F3N4O3/c1-20(2,30-16-13(22)8-11(21)9-14(16)23)19-26-25-18(27(19)3)10-5-6-12(17(24)28)15(7-10)29-4/h5-9H,1-4H3,(H2,24,28). The maximum Gasteiger partial charge on any atom is 0.252 e. The van der Waals surface area contributed by atoms with E-state index in [0.29, 0.717) is 23.5 Å². The minimum absolute atomic E-state index is 0.203. The highest BCUT2D eigenvalue weighted by molar-refractivity contribution is 5.96. The van der Waals surface area contributed by atoms with E-state index in [1.165, 1.54) is 13.2 Å². The van der Waals surface area contributed by atoms with Crippen molar-refractivity contribution >= 4 is 5.91 Å². The van der Waals surface area contributed by atoms with Gasteiger partial charge in [-0.2, -0.15) is 0 Å². The van der Waals surface area contributed by atoms with Gasteiger partial charge in [0, 0.05) is 24.7 Å². The van der Waals surface area contributed by atoms with E-state index in [2.05, 4.69) is 10.2 Å². The monoisotopic (exact) mass is 420 g/mol. The van der Waals surface area contributed by atoms with Gasteiger partial charge in [0.25, 0.3) is 5.91 Å². The van der Waals surface area contributed by atoms with Crippen LogP contribution in [0.25, 0.3) is 11.4 Å². The number of halogens is 3. The zero-order chi connectivity index (χ0) is 22.2. The summed E-state index contributed by atoms with van der Waals surface area (Å²) >= 11 is 0. The number of ether oxygens (including phenoxy) is 2. The van der Waals surface area contributed by atoms with Gasteiger partial charge in [0.1, 0.15) is 11.6 Å². The molecule has 0 saturated carbocycles. The Kier molecular flexibility index (Phi) is 5.43. The fourth-order valence-electron chi connectivity index (χ4n) is 3.07. The molecule has 3 aromatic rings. The van der Waals surface area contributed by atoms with Crippen molar-refractivity contribution in [3.05, 3.63) is 59.2 Å². The van der Waals surface area contributed by atoms with E-state index < -0.39 is 34.7 Å². The smallest absolute Gasteiger partial charge is 0.252 e. The van der Waals surface area contributed by atoms with Crippen LogP contribution in [0, 0.1) is 17.5 Å². The highest BCUT2D eigenvalue weighted by Gasteiger charge is 2.32. The molecule has 2 N–H and O–H groups in total. The van der Waals surface area contributed by atoms with Crippen molar-refractivity contribution in [1.82, 2.24) is 14.8 Å². The second-order valence-electron chi connectivity index (χ2n) is 7.00. The second kappa shape index (κ2) is 7.69. The van der Waals surface area contributed by atoms with Gasteiger partial charge in [-0.05, 0) is 26.0 Å². The molecule has 3 rings (SSSR count). The number of hydrogen-bond donors (Lipinski definition) is 1. The van der Waals surface area contributed by atoms with Crippen LogP contribution in [0.2, 0.25) is 0 Å². The summed E-state index contributed by atoms with van der Waals surface area (Å²) in [5.74, 6) is -3.87. The van der Waals surface area contributed by atoms with Gasteiger partial charge in [0.15, 0.2) is 34.6 Å². The molecule has 0 atom stereocenters. The molecule has 0 radical (unpaired) electrons. The Morgan fingerprint density at radius 2 is 1.73 bits per heavy atom. The zero-order valence-electron chi connectivity index (χ0n) is 16.7. The first-order valence-corrected chi connectivity index (χ1v) is 8.76. The van der Waals surface area contributed by atoms with Gasteiger partial charge in [0.05, 0.1) is 12.7 Å². The van der Waals surface area contributed by atoms with Crippen LogP contribution < -0.4 is 15.2 Å². The third-order valence-corrected chi connectivity index (χ3v) is 4.46. The molecule has 0 unspecified atom stereocenters. The average molecular weight is 420 g/mol. The number of nitrogens with two attached hydrogens (primary N) is 1. The highest BCUT2D eigenvalue weighted by Crippen LogP contribution is 2.33. The predicted octanol–water partition coefficient (Wildman–Crippen LogP) is 3.32. The van der Waals surface area contributed by atoms with Gasteiger partial charge in [-0.1, -0.05) is 6.07 Å². The number of hydrogen-bond acceptors (Lipinski definition) is 5. The largest absolute Gasteiger partial charge is 0.496 e. The number of nitrogens with zero attached hydrogens (tertiary/aromatic N) is 3. The summed E-state index contributed by atoms with van der Waals surface area (Å²) in [6.07, 6.45) is 0. The first-order valence-electron chi connectivity index (χ1n) is 8.76. The minimum Gasteiger partial charge on any atom is -0.496 e. The molecule has 0 bridgehead atoms. The Bertz CT molecular complexity index is 1110. The predicted molar refractivity (Wildman–Crippen MR) is 101 cm³/mol. The van der Waals surface area contributed by atoms with Gasteiger partial charge < -0.3 is 19.8 Å². The van der Waals surface area contributed by atoms with Crippen molar-refractivity contribution in [3.8, 4) is 22.9 Å². The molecule has 0 aliphatic carbocycles. The van der Waals surface area contributed by atoms with Crippen LogP contribution in [0.15, 0.2) is 30.3 Å². The summed E-state index contributed by atoms with van der Waals surface area (Å²) in [5.41, 5.74) is 4.77. The lowest BCUT2D eigenvalue weighted by Crippen LogP contribution is -2.30. The summed E-state index contributed by atoms with van der Waals surface area (Å²) in [5, 5.41) is 8.20. The van der Waals surface area contributed by atoms with Crippen molar-refractivity contribution in [3.63, 3.8) is 0 Å². The van der Waals surface area contributed by atoms with Crippen LogP contribution in [0.5, 0.6) is 11.5 Å². The van der Waals surface area contributed by atoms with Crippen LogP contribution in [0.1, 0.15) is 30.0 Å². The molecular formula is C20H19F3N4O3. The van der Waals surface area contributed by atoms with E-state index in [9.17, 15) is 18.0 Å². The van der Waals surface area contributed by atoms with Gasteiger partial charge in [-0.3, -0.25) is 4.79 Å². The van der Waals surface area contributed by atoms with Crippen molar-refractivity contribution in [2.75, 3.05) is 7.11 Å². The third-order valence-electron chi connectivity index (χ3n) is 4.46. The van der Waals surface area contributed by atoms with E-state index in [-0.39, 0.29) is 17.1 Å². The number of carbonyl (C=O) groups excluding carboxylic acids is 1. The second-order valence-corrected chi connectivity index (χ2v) is 7.00. The summed E-state index contributed by atoms with van der Waals surface area (Å²) in [4.78, 5) is 11.5. The van der Waals surface area contributed by atoms with Gasteiger partial charge in [-0.15, -0.1) is 10.2 Å². The SMILES string of the molecule is COc1cc(-c2nnc(C(C)(C)Oc3c(F)cc(F)cc3F)n2C)ccc1C(N)=O. The lowest BCUT2D eigenvalue weighted by Gasteiger charge is -2.26. The van der Waals surface area contributed by atoms with Crippen molar-refractivity contribution in [2.24, 2.45) is 12.8 Å². The van der Waals surface area contributed by atoms with Crippen molar-refractivity contribution < 1.29 is 27.4 Å². The average Bonchev–Trinajstić information content (AvgIpc) is 3.06. The molecule has 30 heavy (non-hydrogen) atoms. The zero-order valence-corrected chi connectivity index (χ0v) is 16.7. The molecule has 0 aliphatic rings. The lowest BCUT2D eigenvalue weighted by atomic mass is 10.1. The topological polar surface area (TPSA) is 92.3 Å². The van der Waals surface area contributed by atoms with Gasteiger partial charge >= 0.3 is 0 Å². The highest BCUT2D eigenvalue weighted by atomic mass is 19.1. The fraction of sp³-hybridized carbons (Fsp3) is 0.250. The first kappa shape index (κ1) is 21.2. The molecule has 0 fully saturated rings. The molecule has 7 nitrogen and oxygen atoms in total. The Labute approximate surface area is 170 Å². The minimum atomic E-state index is -1.32. The maximum absolute atomic E-state index is 14.0. The van der Waals surface area contributed by atoms with Crippen LogP contribution in [0.4, 0.5) is 13.2 Å². The van der Waals surface area contributed by atoms with E-state index in [1.807, 2.05) is 0 Å². The number of amides is 1. The van der Waals surface area contributed by atoms with Crippen molar-refractivity contribution in [2.45, 2.75) is 19.4 Å². The number of rotatable bonds is 6. The Hall–Kier alpha value is -3.56. The lowest BCUT2D eigenvalue weighted by molar-refractivity contribution is 0.0833. The van der Waals surface area contributed by atoms with Crippen molar-refractivity contribution in [1.29, 1.82) is 0 Å². The summed E-state index contributed by atoms with van der Waals surface area (Å²) < 4.78 is 53.5. The molecule has 1 amide bonds. The molecule has 0 spiro atoms. The molecule has 158 valence electrons. The molecule has 0 aliphatic heterocycles. The Balaban J connectivity index is 1.99. The number of methoxy groups -OCH3 is 1. The van der Waals surface area contributed by atoms with Crippen LogP contribution in [0.3, 0.4) is 0 Å². The molecule has 1 aromatic heterocycles. The van der Waals surface area contributed by atoms with Crippen LogP contribution in [-0.4, -0.2) is 27.8 Å². The number of aromatic nitrogens is 3. The van der Waals surface area contributed by atoms with E-state index in [0.717, 1.165) is 0 Å². The maximum atomic E-state index is 14.0. The van der Waals surface area contributed by atoms with E-state index >= 15 is 0 Å². The summed E-state index contributed by atoms with van der Waals surface area (Å²) in [6, 6.07) is 5.74. The molecule has 1 heterocycles. The van der Waals surface area contributed by atoms with E-state index in [1.54, 1.807) is 37.6 Å². The normalized spacial score (nSPS) is 11.4. The number of carbonyl (C=O) groups is 1. The molecular weight excluding hydrogens is 401 g/mol. The third kappa shape index (κ3) is 3.80. The summed E-state index contributed by atoms with van der Waals surface area (Å²) in [7, 11) is 3.04. The first-order chi connectivity index (χ1) is 14.0. The Morgan fingerprint density at radius 1 is 1.10 bits per heavy atom. The Morgan fingerprint density at radius 3 is 2.30 bits per heavy atom. The van der Waals surface area contributed by atoms with Gasteiger partial charge in [-0.25, -0.2) is 13.2 Å². The molecule has 10 heteroatoms. The summed E-state index contributed by atoms with van der Waals surface area (Å²) in [6.45, 7) is 3.08. The van der Waals surface area contributed by atoms with Crippen LogP contribution >= 0.6 is 0 Å². The fourth-order valence-corrected chi connectivity index (χ4v) is 3.07. The quantitative estimate of drug-likeness (QED) is 0.661. The van der Waals surface area contributed by atoms with E-state index in [4.69, 9.17) is 15.2 Å². The molecule has 0 saturated heterocycles. The number of primary amides is 1. The van der Waals surface area contributed by atoms with Gasteiger partial charge in [0.2, 0.25) is 0 Å².